The fourth-order valence-electron chi connectivity index (χ4n) is 1.37. The highest BCUT2D eigenvalue weighted by atomic mass is 16.5. The van der Waals surface area contributed by atoms with E-state index in [1.54, 1.807) is 0 Å². The summed E-state index contributed by atoms with van der Waals surface area (Å²) >= 11 is 0. The number of aryl methyl sites for hydroxylation is 1. The minimum absolute atomic E-state index is 0.778. The van der Waals surface area contributed by atoms with Gasteiger partial charge in [-0.1, -0.05) is 25.1 Å². The van der Waals surface area contributed by atoms with Crippen molar-refractivity contribution < 1.29 is 9.22 Å². The molecule has 0 aliphatic rings. The van der Waals surface area contributed by atoms with Gasteiger partial charge >= 0.3 is 0 Å². The van der Waals surface area contributed by atoms with Crippen LogP contribution in [-0.2, 0) is 6.42 Å². The van der Waals surface area contributed by atoms with Gasteiger partial charge in [-0.15, -0.1) is 0 Å². The van der Waals surface area contributed by atoms with Crippen LogP contribution in [0.25, 0.3) is 0 Å². The molecule has 1 aromatic carbocycles. The second-order valence-corrected chi connectivity index (χ2v) is 4.82. The molecule has 2 heteroatoms. The highest BCUT2D eigenvalue weighted by Crippen LogP contribution is 2.18. The first-order valence-electron chi connectivity index (χ1n) is 5.54. The lowest BCUT2D eigenvalue weighted by Gasteiger charge is -2.24. The monoisotopic (exact) mass is 208 g/mol. The van der Waals surface area contributed by atoms with Crippen molar-refractivity contribution in [2.24, 2.45) is 0 Å². The lowest BCUT2D eigenvalue weighted by molar-refractivity contribution is -0.870. The van der Waals surface area contributed by atoms with Crippen LogP contribution in [0.2, 0.25) is 0 Å². The van der Waals surface area contributed by atoms with E-state index in [1.165, 1.54) is 5.56 Å². The Kier molecular flexibility index (Phi) is 4.15. The number of ether oxygens (including phenoxy) is 1. The maximum absolute atomic E-state index is 5.79. The molecule has 0 aliphatic heterocycles. The maximum Gasteiger partial charge on any atom is 0.137 e. The van der Waals surface area contributed by atoms with Crippen LogP contribution in [0.5, 0.6) is 5.75 Å². The first kappa shape index (κ1) is 12.1. The van der Waals surface area contributed by atoms with Gasteiger partial charge in [0.15, 0.2) is 0 Å². The molecular formula is C13H22NO+. The average molecular weight is 208 g/mol. The predicted molar refractivity (Wildman–Crippen MR) is 64.2 cm³/mol. The average Bonchev–Trinajstić information content (AvgIpc) is 2.16. The third-order valence-electron chi connectivity index (χ3n) is 2.37. The van der Waals surface area contributed by atoms with Crippen LogP contribution in [0.15, 0.2) is 24.3 Å². The zero-order valence-corrected chi connectivity index (χ0v) is 10.3. The molecule has 0 atom stereocenters. The van der Waals surface area contributed by atoms with E-state index in [9.17, 15) is 0 Å². The minimum Gasteiger partial charge on any atom is -0.487 e. The smallest absolute Gasteiger partial charge is 0.137 e. The fraction of sp³-hybridized carbons (Fsp3) is 0.538. The van der Waals surface area contributed by atoms with E-state index in [4.69, 9.17) is 4.74 Å². The van der Waals surface area contributed by atoms with Crippen LogP contribution in [0.3, 0.4) is 0 Å². The molecule has 1 rings (SSSR count). The Morgan fingerprint density at radius 3 is 2.40 bits per heavy atom. The number of benzene rings is 1. The fourth-order valence-corrected chi connectivity index (χ4v) is 1.37. The number of quaternary nitrogens is 1. The van der Waals surface area contributed by atoms with E-state index in [2.05, 4.69) is 46.3 Å². The number of hydrogen-bond acceptors (Lipinski definition) is 1. The van der Waals surface area contributed by atoms with Gasteiger partial charge in [0.1, 0.15) is 18.9 Å². The first-order chi connectivity index (χ1) is 7.03. The van der Waals surface area contributed by atoms with E-state index in [0.717, 1.165) is 29.8 Å². The zero-order valence-electron chi connectivity index (χ0n) is 10.3. The van der Waals surface area contributed by atoms with Gasteiger partial charge < -0.3 is 9.22 Å². The van der Waals surface area contributed by atoms with Gasteiger partial charge in [0.2, 0.25) is 0 Å². The van der Waals surface area contributed by atoms with Crippen molar-refractivity contribution in [2.45, 2.75) is 13.3 Å². The van der Waals surface area contributed by atoms with Crippen LogP contribution < -0.4 is 4.74 Å². The Morgan fingerprint density at radius 2 is 1.80 bits per heavy atom. The SMILES string of the molecule is CCc1ccccc1OCC[N+](C)(C)C. The molecule has 1 aromatic rings. The molecule has 84 valence electrons. The van der Waals surface area contributed by atoms with Crippen molar-refractivity contribution in [2.75, 3.05) is 34.3 Å². The Morgan fingerprint density at radius 1 is 1.13 bits per heavy atom. The normalized spacial score (nSPS) is 11.5. The van der Waals surface area contributed by atoms with Crippen LogP contribution >= 0.6 is 0 Å². The lowest BCUT2D eigenvalue weighted by atomic mass is 10.1. The summed E-state index contributed by atoms with van der Waals surface area (Å²) in [5.41, 5.74) is 1.29. The first-order valence-corrected chi connectivity index (χ1v) is 5.54. The second-order valence-electron chi connectivity index (χ2n) is 4.82. The minimum atomic E-state index is 0.778. The van der Waals surface area contributed by atoms with Gasteiger partial charge in [0.05, 0.1) is 21.1 Å². The van der Waals surface area contributed by atoms with Gasteiger partial charge in [-0.3, -0.25) is 0 Å². The van der Waals surface area contributed by atoms with Gasteiger partial charge in [0, 0.05) is 0 Å². The van der Waals surface area contributed by atoms with Crippen LogP contribution in [0.4, 0.5) is 0 Å². The predicted octanol–water partition coefficient (Wildman–Crippen LogP) is 2.33. The maximum atomic E-state index is 5.79. The Labute approximate surface area is 93.1 Å². The van der Waals surface area contributed by atoms with Gasteiger partial charge in [0.25, 0.3) is 0 Å². The third-order valence-corrected chi connectivity index (χ3v) is 2.37. The molecular weight excluding hydrogens is 186 g/mol. The van der Waals surface area contributed by atoms with Gasteiger partial charge in [-0.25, -0.2) is 0 Å². The lowest BCUT2D eigenvalue weighted by Crippen LogP contribution is -2.38. The number of nitrogens with zero attached hydrogens (tertiary/aromatic N) is 1. The molecule has 0 amide bonds. The number of likely N-dealkylation sites (N-methyl/N-ethyl adjacent to an activating group) is 1. The highest BCUT2D eigenvalue weighted by Gasteiger charge is 2.07. The van der Waals surface area contributed by atoms with Crippen LogP contribution in [0.1, 0.15) is 12.5 Å². The molecule has 0 aromatic heterocycles. The quantitative estimate of drug-likeness (QED) is 0.675. The molecule has 15 heavy (non-hydrogen) atoms. The summed E-state index contributed by atoms with van der Waals surface area (Å²) in [5.74, 6) is 1.04. The van der Waals surface area contributed by atoms with E-state index in [-0.39, 0.29) is 0 Å². The molecule has 0 N–H and O–H groups in total. The zero-order chi connectivity index (χ0) is 11.3. The summed E-state index contributed by atoms with van der Waals surface area (Å²) in [7, 11) is 6.53. The number of hydrogen-bond donors (Lipinski definition) is 0. The molecule has 0 bridgehead atoms. The number of para-hydroxylation sites is 1. The van der Waals surface area contributed by atoms with Crippen molar-refractivity contribution in [3.05, 3.63) is 29.8 Å². The molecule has 2 nitrogen and oxygen atoms in total. The largest absolute Gasteiger partial charge is 0.487 e. The van der Waals surface area contributed by atoms with Crippen molar-refractivity contribution in [1.82, 2.24) is 0 Å². The number of rotatable bonds is 5. The van der Waals surface area contributed by atoms with Crippen molar-refractivity contribution in [1.29, 1.82) is 0 Å². The van der Waals surface area contributed by atoms with Gasteiger partial charge in [-0.05, 0) is 18.1 Å². The topological polar surface area (TPSA) is 9.23 Å². The molecule has 0 fully saturated rings. The van der Waals surface area contributed by atoms with E-state index < -0.39 is 0 Å². The molecule has 0 aliphatic carbocycles. The Bertz CT molecular complexity index is 302. The molecule has 0 saturated heterocycles. The Hall–Kier alpha value is -1.02. The van der Waals surface area contributed by atoms with Crippen molar-refractivity contribution in [3.63, 3.8) is 0 Å². The summed E-state index contributed by atoms with van der Waals surface area (Å²) in [6, 6.07) is 8.27. The summed E-state index contributed by atoms with van der Waals surface area (Å²) in [4.78, 5) is 0. The van der Waals surface area contributed by atoms with Gasteiger partial charge in [-0.2, -0.15) is 0 Å². The third kappa shape index (κ3) is 4.34. The summed E-state index contributed by atoms with van der Waals surface area (Å²) < 4.78 is 6.73. The summed E-state index contributed by atoms with van der Waals surface area (Å²) in [5, 5.41) is 0. The second kappa shape index (κ2) is 5.17. The van der Waals surface area contributed by atoms with Crippen molar-refractivity contribution >= 4 is 0 Å². The molecule has 0 saturated carbocycles. The molecule has 0 spiro atoms. The molecule has 0 unspecified atom stereocenters. The standard InChI is InChI=1S/C13H22NO/c1-5-12-8-6-7-9-13(12)15-11-10-14(2,3)4/h6-9H,5,10-11H2,1-4H3/q+1. The highest BCUT2D eigenvalue weighted by molar-refractivity contribution is 5.33. The van der Waals surface area contributed by atoms with Crippen molar-refractivity contribution in [3.8, 4) is 5.75 Å². The summed E-state index contributed by atoms with van der Waals surface area (Å²) in [6.45, 7) is 3.96. The van der Waals surface area contributed by atoms with Crippen LogP contribution in [-0.4, -0.2) is 38.8 Å². The van der Waals surface area contributed by atoms with Crippen LogP contribution in [0, 0.1) is 0 Å². The van der Waals surface area contributed by atoms with E-state index in [0.29, 0.717) is 0 Å². The molecule has 0 radical (unpaired) electrons. The Balaban J connectivity index is 2.50. The van der Waals surface area contributed by atoms with E-state index in [1.807, 2.05) is 6.07 Å². The molecule has 0 heterocycles. The van der Waals surface area contributed by atoms with E-state index >= 15 is 0 Å². The summed E-state index contributed by atoms with van der Waals surface area (Å²) in [6.07, 6.45) is 1.03.